The first-order valence-corrected chi connectivity index (χ1v) is 9.16. The summed E-state index contributed by atoms with van der Waals surface area (Å²) in [4.78, 5) is 16.8. The molecule has 1 aromatic heterocycles. The van der Waals surface area contributed by atoms with Gasteiger partial charge in [-0.15, -0.1) is 0 Å². The Morgan fingerprint density at radius 2 is 1.88 bits per heavy atom. The minimum absolute atomic E-state index is 0.00198. The summed E-state index contributed by atoms with van der Waals surface area (Å²) in [6.07, 6.45) is 6.54. The number of ether oxygens (including phenoxy) is 1. The molecule has 0 atom stereocenters. The van der Waals surface area contributed by atoms with Crippen LogP contribution < -0.4 is 15.5 Å². The summed E-state index contributed by atoms with van der Waals surface area (Å²) in [6, 6.07) is 11.5. The summed E-state index contributed by atoms with van der Waals surface area (Å²) >= 11 is 0. The number of nitrogens with one attached hydrogen (secondary N) is 2. The van der Waals surface area contributed by atoms with Crippen LogP contribution in [-0.2, 0) is 6.54 Å². The molecule has 0 radical (unpaired) electrons. The Kier molecular flexibility index (Phi) is 6.51. The molecule has 3 rings (SSSR count). The maximum absolute atomic E-state index is 11.2. The van der Waals surface area contributed by atoms with E-state index in [1.54, 1.807) is 12.3 Å². The van der Waals surface area contributed by atoms with Crippen molar-refractivity contribution in [2.24, 2.45) is 0 Å². The number of H-pyrrole nitrogens is 1. The van der Waals surface area contributed by atoms with E-state index in [-0.39, 0.29) is 5.43 Å². The minimum Gasteiger partial charge on any atom is -0.494 e. The van der Waals surface area contributed by atoms with Crippen molar-refractivity contribution in [3.63, 3.8) is 0 Å². The van der Waals surface area contributed by atoms with Gasteiger partial charge in [-0.1, -0.05) is 18.6 Å². The molecule has 1 aliphatic rings. The summed E-state index contributed by atoms with van der Waals surface area (Å²) in [5.74, 6) is 1.66. The monoisotopic (exact) mass is 341 g/mol. The Morgan fingerprint density at radius 3 is 2.64 bits per heavy atom. The van der Waals surface area contributed by atoms with Crippen LogP contribution in [0, 0.1) is 0 Å². The smallest absolute Gasteiger partial charge is 0.183 e. The van der Waals surface area contributed by atoms with E-state index in [2.05, 4.69) is 39.5 Å². The number of hydrogen-bond donors (Lipinski definition) is 2. The molecular formula is C20H27N3O2. The quantitative estimate of drug-likeness (QED) is 0.724. The first-order valence-electron chi connectivity index (χ1n) is 9.16. The Morgan fingerprint density at radius 1 is 1.08 bits per heavy atom. The molecule has 0 unspecified atom stereocenters. The second-order valence-electron chi connectivity index (χ2n) is 6.55. The van der Waals surface area contributed by atoms with Crippen LogP contribution in [0.15, 0.2) is 47.4 Å². The van der Waals surface area contributed by atoms with E-state index in [4.69, 9.17) is 4.74 Å². The zero-order chi connectivity index (χ0) is 17.3. The molecule has 1 aliphatic heterocycles. The van der Waals surface area contributed by atoms with Crippen molar-refractivity contribution < 1.29 is 4.74 Å². The third-order valence-corrected chi connectivity index (χ3v) is 4.46. The first kappa shape index (κ1) is 17.5. The van der Waals surface area contributed by atoms with Crippen LogP contribution >= 0.6 is 0 Å². The van der Waals surface area contributed by atoms with E-state index in [9.17, 15) is 4.79 Å². The van der Waals surface area contributed by atoms with Crippen LogP contribution in [0.25, 0.3) is 0 Å². The fourth-order valence-electron chi connectivity index (χ4n) is 3.10. The zero-order valence-electron chi connectivity index (χ0n) is 14.7. The van der Waals surface area contributed by atoms with Gasteiger partial charge < -0.3 is 15.0 Å². The fraction of sp³-hybridized carbons (Fsp3) is 0.450. The Labute approximate surface area is 149 Å². The average Bonchev–Trinajstić information content (AvgIpc) is 2.64. The van der Waals surface area contributed by atoms with Gasteiger partial charge in [0.1, 0.15) is 11.6 Å². The molecule has 0 saturated carbocycles. The van der Waals surface area contributed by atoms with Gasteiger partial charge in [0.2, 0.25) is 0 Å². The first-order chi connectivity index (χ1) is 12.3. The topological polar surface area (TPSA) is 57.4 Å². The predicted octanol–water partition coefficient (Wildman–Crippen LogP) is 3.24. The van der Waals surface area contributed by atoms with Crippen molar-refractivity contribution >= 4 is 5.82 Å². The number of anilines is 1. The van der Waals surface area contributed by atoms with E-state index in [0.717, 1.165) is 31.1 Å². The number of hydrogen-bond acceptors (Lipinski definition) is 4. The summed E-state index contributed by atoms with van der Waals surface area (Å²) in [5, 5.41) is 3.19. The molecule has 0 aliphatic carbocycles. The number of aromatic amines is 1. The van der Waals surface area contributed by atoms with E-state index in [1.807, 2.05) is 0 Å². The summed E-state index contributed by atoms with van der Waals surface area (Å²) in [6.45, 7) is 4.89. The van der Waals surface area contributed by atoms with Gasteiger partial charge in [-0.2, -0.15) is 0 Å². The van der Waals surface area contributed by atoms with Gasteiger partial charge in [-0.05, 0) is 50.0 Å². The van der Waals surface area contributed by atoms with Gasteiger partial charge in [0.25, 0.3) is 0 Å². The number of aromatic nitrogens is 1. The molecule has 2 N–H and O–H groups in total. The average molecular weight is 341 g/mol. The molecule has 1 fully saturated rings. The van der Waals surface area contributed by atoms with Gasteiger partial charge in [0.05, 0.1) is 6.61 Å². The number of piperidine rings is 1. The number of rotatable bonds is 8. The van der Waals surface area contributed by atoms with Crippen LogP contribution in [0.1, 0.15) is 31.2 Å². The van der Waals surface area contributed by atoms with Crippen molar-refractivity contribution in [3.8, 4) is 5.75 Å². The Balaban J connectivity index is 1.35. The third-order valence-electron chi connectivity index (χ3n) is 4.46. The number of pyridine rings is 1. The molecule has 2 aromatic rings. The molecule has 1 saturated heterocycles. The maximum Gasteiger partial charge on any atom is 0.183 e. The lowest BCUT2D eigenvalue weighted by Gasteiger charge is -2.26. The highest BCUT2D eigenvalue weighted by atomic mass is 16.5. The third kappa shape index (κ3) is 5.94. The van der Waals surface area contributed by atoms with Crippen molar-refractivity contribution in [3.05, 3.63) is 58.4 Å². The van der Waals surface area contributed by atoms with Crippen LogP contribution in [0.4, 0.5) is 5.82 Å². The van der Waals surface area contributed by atoms with Crippen molar-refractivity contribution in [2.75, 3.05) is 31.6 Å². The lowest BCUT2D eigenvalue weighted by atomic mass is 10.1. The van der Waals surface area contributed by atoms with Gasteiger partial charge in [0, 0.05) is 31.4 Å². The molecule has 25 heavy (non-hydrogen) atoms. The van der Waals surface area contributed by atoms with E-state index < -0.39 is 0 Å². The molecule has 5 heteroatoms. The second-order valence-corrected chi connectivity index (χ2v) is 6.55. The van der Waals surface area contributed by atoms with E-state index in [0.29, 0.717) is 6.61 Å². The highest BCUT2D eigenvalue weighted by Gasteiger charge is 2.10. The lowest BCUT2D eigenvalue weighted by molar-refractivity contribution is 0.221. The van der Waals surface area contributed by atoms with Crippen LogP contribution in [0.5, 0.6) is 5.75 Å². The summed E-state index contributed by atoms with van der Waals surface area (Å²) < 4.78 is 5.79. The van der Waals surface area contributed by atoms with Crippen molar-refractivity contribution in [1.82, 2.24) is 9.88 Å². The summed E-state index contributed by atoms with van der Waals surface area (Å²) in [5.41, 5.74) is 1.35. The second kappa shape index (κ2) is 9.28. The molecular weight excluding hydrogens is 314 g/mol. The van der Waals surface area contributed by atoms with Crippen molar-refractivity contribution in [2.45, 2.75) is 32.2 Å². The fourth-order valence-corrected chi connectivity index (χ4v) is 3.10. The van der Waals surface area contributed by atoms with Crippen LogP contribution in [-0.4, -0.2) is 36.1 Å². The van der Waals surface area contributed by atoms with Crippen LogP contribution in [0.3, 0.4) is 0 Å². The normalized spacial score (nSPS) is 15.0. The van der Waals surface area contributed by atoms with Gasteiger partial charge in [-0.25, -0.2) is 0 Å². The van der Waals surface area contributed by atoms with Crippen LogP contribution in [0.2, 0.25) is 0 Å². The summed E-state index contributed by atoms with van der Waals surface area (Å²) in [7, 11) is 0. The number of nitrogens with zero attached hydrogens (tertiary/aromatic N) is 1. The Hall–Kier alpha value is -2.27. The predicted molar refractivity (Wildman–Crippen MR) is 101 cm³/mol. The zero-order valence-corrected chi connectivity index (χ0v) is 14.7. The maximum atomic E-state index is 11.2. The number of benzene rings is 1. The van der Waals surface area contributed by atoms with Crippen molar-refractivity contribution in [1.29, 1.82) is 0 Å². The molecule has 2 heterocycles. The largest absolute Gasteiger partial charge is 0.494 e. The number of likely N-dealkylation sites (tertiary alicyclic amines) is 1. The Bertz CT molecular complexity index is 691. The molecule has 134 valence electrons. The van der Waals surface area contributed by atoms with Gasteiger partial charge >= 0.3 is 0 Å². The van der Waals surface area contributed by atoms with Gasteiger partial charge in [0.15, 0.2) is 5.43 Å². The van der Waals surface area contributed by atoms with E-state index in [1.165, 1.54) is 44.0 Å². The SMILES string of the molecule is O=c1cc[nH]c(NCCCOc2ccc(CN3CCCCC3)cc2)c1. The lowest BCUT2D eigenvalue weighted by Crippen LogP contribution is -2.28. The van der Waals surface area contributed by atoms with Gasteiger partial charge in [-0.3, -0.25) is 9.69 Å². The molecule has 0 amide bonds. The molecule has 5 nitrogen and oxygen atoms in total. The molecule has 1 aromatic carbocycles. The minimum atomic E-state index is 0.00198. The molecule has 0 spiro atoms. The highest BCUT2D eigenvalue weighted by molar-refractivity contribution is 5.33. The highest BCUT2D eigenvalue weighted by Crippen LogP contribution is 2.16. The molecule has 0 bridgehead atoms. The van der Waals surface area contributed by atoms with E-state index >= 15 is 0 Å². The standard InChI is InChI=1S/C20H27N3O2/c24-18-9-11-22-20(15-18)21-10-4-14-25-19-7-5-17(6-8-19)16-23-12-2-1-3-13-23/h5-9,11,15H,1-4,10,12-14,16H2,(H2,21,22,24).